The van der Waals surface area contributed by atoms with Crippen LogP contribution in [0.15, 0.2) is 30.3 Å². The molecule has 2 aromatic rings. The molecule has 2 heterocycles. The Morgan fingerprint density at radius 1 is 1.36 bits per heavy atom. The fraction of sp³-hybridized carbons (Fsp3) is 0.471. The molecule has 1 aromatic heterocycles. The molecular weight excluding hydrogens is 281 g/mol. The zero-order chi connectivity index (χ0) is 15.4. The Labute approximate surface area is 130 Å². The van der Waals surface area contributed by atoms with Gasteiger partial charge in [-0.25, -0.2) is 4.39 Å². The van der Waals surface area contributed by atoms with Crippen molar-refractivity contribution in [3.63, 3.8) is 0 Å². The lowest BCUT2D eigenvalue weighted by atomic mass is 10.1. The van der Waals surface area contributed by atoms with E-state index in [0.29, 0.717) is 18.3 Å². The van der Waals surface area contributed by atoms with Crippen LogP contribution in [-0.2, 0) is 6.61 Å². The number of hydrogen-bond acceptors (Lipinski definition) is 3. The monoisotopic (exact) mass is 303 g/mol. The minimum absolute atomic E-state index is 0.256. The van der Waals surface area contributed by atoms with Crippen molar-refractivity contribution in [2.45, 2.75) is 32.3 Å². The van der Waals surface area contributed by atoms with Crippen LogP contribution in [0.3, 0.4) is 0 Å². The van der Waals surface area contributed by atoms with Crippen molar-refractivity contribution < 1.29 is 9.13 Å². The summed E-state index contributed by atoms with van der Waals surface area (Å²) in [7, 11) is 0. The summed E-state index contributed by atoms with van der Waals surface area (Å²) in [6, 6.07) is 8.14. The second-order valence-corrected chi connectivity index (χ2v) is 5.85. The summed E-state index contributed by atoms with van der Waals surface area (Å²) in [5, 5.41) is 7.47. The van der Waals surface area contributed by atoms with Crippen molar-refractivity contribution in [3.05, 3.63) is 47.5 Å². The van der Waals surface area contributed by atoms with Crippen LogP contribution < -0.4 is 4.74 Å². The van der Waals surface area contributed by atoms with Crippen molar-refractivity contribution in [3.8, 4) is 5.75 Å². The molecule has 1 N–H and O–H groups in total. The number of likely N-dealkylation sites (tertiary alicyclic amines) is 1. The van der Waals surface area contributed by atoms with Crippen LogP contribution in [0.5, 0.6) is 5.75 Å². The molecular formula is C17H22FN3O. The normalized spacial score (nSPS) is 18.7. The predicted octanol–water partition coefficient (Wildman–Crippen LogP) is 3.33. The molecule has 22 heavy (non-hydrogen) atoms. The first-order valence-electron chi connectivity index (χ1n) is 7.89. The minimum atomic E-state index is -0.256. The van der Waals surface area contributed by atoms with Gasteiger partial charge in [0.15, 0.2) is 0 Å². The number of aromatic nitrogens is 2. The van der Waals surface area contributed by atoms with Gasteiger partial charge in [-0.15, -0.1) is 0 Å². The smallest absolute Gasteiger partial charge is 0.130 e. The van der Waals surface area contributed by atoms with Gasteiger partial charge in [0, 0.05) is 12.5 Å². The summed E-state index contributed by atoms with van der Waals surface area (Å²) in [4.78, 5) is 2.49. The first-order valence-corrected chi connectivity index (χ1v) is 7.89. The average Bonchev–Trinajstić information content (AvgIpc) is 3.16. The molecule has 5 heteroatoms. The van der Waals surface area contributed by atoms with E-state index in [1.807, 2.05) is 0 Å². The highest BCUT2D eigenvalue weighted by Crippen LogP contribution is 2.26. The van der Waals surface area contributed by atoms with Gasteiger partial charge in [-0.05, 0) is 56.3 Å². The third-order valence-corrected chi connectivity index (χ3v) is 4.09. The van der Waals surface area contributed by atoms with E-state index < -0.39 is 0 Å². The summed E-state index contributed by atoms with van der Waals surface area (Å²) in [6.45, 7) is 6.06. The molecule has 0 aliphatic carbocycles. The third kappa shape index (κ3) is 3.65. The highest BCUT2D eigenvalue weighted by Gasteiger charge is 2.25. The van der Waals surface area contributed by atoms with Crippen molar-refractivity contribution in [1.82, 2.24) is 15.1 Å². The molecule has 0 bridgehead atoms. The Kier molecular flexibility index (Phi) is 4.73. The molecule has 1 aliphatic heterocycles. The topological polar surface area (TPSA) is 41.1 Å². The van der Waals surface area contributed by atoms with Crippen LogP contribution in [-0.4, -0.2) is 34.7 Å². The van der Waals surface area contributed by atoms with E-state index in [9.17, 15) is 4.39 Å². The average molecular weight is 303 g/mol. The van der Waals surface area contributed by atoms with E-state index in [-0.39, 0.29) is 5.82 Å². The first kappa shape index (κ1) is 15.0. The van der Waals surface area contributed by atoms with Crippen LogP contribution in [0.2, 0.25) is 0 Å². The molecule has 0 saturated carbocycles. The van der Waals surface area contributed by atoms with Gasteiger partial charge in [0.2, 0.25) is 0 Å². The second kappa shape index (κ2) is 6.92. The van der Waals surface area contributed by atoms with Gasteiger partial charge in [0.1, 0.15) is 18.2 Å². The Morgan fingerprint density at radius 3 is 2.95 bits per heavy atom. The van der Waals surface area contributed by atoms with E-state index in [4.69, 9.17) is 4.74 Å². The molecule has 0 radical (unpaired) electrons. The van der Waals surface area contributed by atoms with Crippen molar-refractivity contribution in [2.75, 3.05) is 19.6 Å². The van der Waals surface area contributed by atoms with Gasteiger partial charge in [-0.2, -0.15) is 5.10 Å². The number of H-pyrrole nitrogens is 1. The molecule has 0 amide bonds. The van der Waals surface area contributed by atoms with Crippen LogP contribution in [0.4, 0.5) is 4.39 Å². The quantitative estimate of drug-likeness (QED) is 0.890. The Morgan fingerprint density at radius 2 is 2.18 bits per heavy atom. The van der Waals surface area contributed by atoms with E-state index in [2.05, 4.69) is 28.1 Å². The lowest BCUT2D eigenvalue weighted by Crippen LogP contribution is -2.20. The van der Waals surface area contributed by atoms with Gasteiger partial charge < -0.3 is 9.64 Å². The third-order valence-electron chi connectivity index (χ3n) is 4.09. The number of nitrogens with one attached hydrogen (secondary N) is 1. The number of hydrogen-bond donors (Lipinski definition) is 1. The highest BCUT2D eigenvalue weighted by atomic mass is 19.1. The van der Waals surface area contributed by atoms with Gasteiger partial charge in [0.25, 0.3) is 0 Å². The maximum absolute atomic E-state index is 12.8. The number of nitrogens with zero attached hydrogens (tertiary/aromatic N) is 2. The van der Waals surface area contributed by atoms with E-state index in [1.54, 1.807) is 12.1 Å². The Hall–Kier alpha value is -1.88. The molecule has 118 valence electrons. The summed E-state index contributed by atoms with van der Waals surface area (Å²) in [5.74, 6) is 0.920. The largest absolute Gasteiger partial charge is 0.487 e. The number of benzene rings is 1. The van der Waals surface area contributed by atoms with Gasteiger partial charge in [0.05, 0.1) is 11.4 Å². The van der Waals surface area contributed by atoms with Gasteiger partial charge >= 0.3 is 0 Å². The van der Waals surface area contributed by atoms with Crippen LogP contribution in [0, 0.1) is 5.82 Å². The SMILES string of the molecule is CCCN1CCC(c2cc(COc3ccc(F)cc3)[nH]n2)C1. The maximum atomic E-state index is 12.8. The van der Waals surface area contributed by atoms with E-state index >= 15 is 0 Å². The molecule has 0 spiro atoms. The zero-order valence-corrected chi connectivity index (χ0v) is 12.9. The fourth-order valence-corrected chi connectivity index (χ4v) is 2.95. The summed E-state index contributed by atoms with van der Waals surface area (Å²) in [5.41, 5.74) is 2.07. The number of ether oxygens (including phenoxy) is 1. The maximum Gasteiger partial charge on any atom is 0.130 e. The van der Waals surface area contributed by atoms with Gasteiger partial charge in [-0.3, -0.25) is 5.10 Å². The number of halogens is 1. The molecule has 3 rings (SSSR count). The summed E-state index contributed by atoms with van der Waals surface area (Å²) < 4.78 is 18.5. The van der Waals surface area contributed by atoms with Crippen LogP contribution >= 0.6 is 0 Å². The summed E-state index contributed by atoms with van der Waals surface area (Å²) in [6.07, 6.45) is 2.37. The predicted molar refractivity (Wildman–Crippen MR) is 83.4 cm³/mol. The molecule has 1 aliphatic rings. The number of aromatic amines is 1. The minimum Gasteiger partial charge on any atom is -0.487 e. The van der Waals surface area contributed by atoms with Crippen LogP contribution in [0.25, 0.3) is 0 Å². The lowest BCUT2D eigenvalue weighted by Gasteiger charge is -2.13. The van der Waals surface area contributed by atoms with E-state index in [1.165, 1.54) is 31.5 Å². The Bertz CT molecular complexity index is 596. The van der Waals surface area contributed by atoms with Gasteiger partial charge in [-0.1, -0.05) is 6.92 Å². The Balaban J connectivity index is 1.54. The molecule has 4 nitrogen and oxygen atoms in total. The van der Waals surface area contributed by atoms with Crippen molar-refractivity contribution in [2.24, 2.45) is 0 Å². The molecule has 1 unspecified atom stereocenters. The van der Waals surface area contributed by atoms with Crippen molar-refractivity contribution in [1.29, 1.82) is 0 Å². The molecule has 1 saturated heterocycles. The highest BCUT2D eigenvalue weighted by molar-refractivity contribution is 5.23. The first-order chi connectivity index (χ1) is 10.7. The van der Waals surface area contributed by atoms with E-state index in [0.717, 1.165) is 24.5 Å². The fourth-order valence-electron chi connectivity index (χ4n) is 2.95. The second-order valence-electron chi connectivity index (χ2n) is 5.85. The zero-order valence-electron chi connectivity index (χ0n) is 12.9. The van der Waals surface area contributed by atoms with Crippen LogP contribution in [0.1, 0.15) is 37.1 Å². The summed E-state index contributed by atoms with van der Waals surface area (Å²) >= 11 is 0. The number of rotatable bonds is 6. The lowest BCUT2D eigenvalue weighted by molar-refractivity contribution is 0.300. The molecule has 1 fully saturated rings. The molecule has 1 atom stereocenters. The standard InChI is InChI=1S/C17H22FN3O/c1-2-8-21-9-7-13(11-21)17-10-15(19-20-17)12-22-16-5-3-14(18)4-6-16/h3-6,10,13H,2,7-9,11-12H2,1H3,(H,19,20). The van der Waals surface area contributed by atoms with Crippen molar-refractivity contribution >= 4 is 0 Å². The molecule has 1 aromatic carbocycles.